The third-order valence-electron chi connectivity index (χ3n) is 0.812. The molecular formula is C6H11BrN4O3S. The second-order valence-electron chi connectivity index (χ2n) is 1.77. The van der Waals surface area contributed by atoms with Gasteiger partial charge < -0.3 is 0 Å². The van der Waals surface area contributed by atoms with Crippen molar-refractivity contribution in [3.05, 3.63) is 36.9 Å². The number of hydrogen-bond acceptors (Lipinski definition) is 4. The van der Waals surface area contributed by atoms with E-state index in [-0.39, 0.29) is 17.0 Å². The second-order valence-corrected chi connectivity index (χ2v) is 2.25. The molecule has 86 valence electrons. The van der Waals surface area contributed by atoms with Crippen LogP contribution in [0, 0.1) is 0 Å². The zero-order valence-electron chi connectivity index (χ0n) is 7.48. The van der Waals surface area contributed by atoms with Gasteiger partial charge in [-0.25, -0.2) is 8.42 Å². The van der Waals surface area contributed by atoms with Gasteiger partial charge >= 0.3 is 0 Å². The summed E-state index contributed by atoms with van der Waals surface area (Å²) in [4.78, 5) is 0. The maximum absolute atomic E-state index is 8.59. The van der Waals surface area contributed by atoms with Crippen molar-refractivity contribution in [1.82, 2.24) is 20.4 Å². The molecular weight excluding hydrogens is 288 g/mol. The maximum atomic E-state index is 8.59. The van der Waals surface area contributed by atoms with Crippen LogP contribution >= 0.6 is 17.0 Å². The molecule has 0 amide bonds. The van der Waals surface area contributed by atoms with Crippen LogP contribution in [-0.4, -0.2) is 33.4 Å². The first-order valence-electron chi connectivity index (χ1n) is 3.44. The summed E-state index contributed by atoms with van der Waals surface area (Å²) in [6.45, 7) is 0. The second kappa shape index (κ2) is 12.8. The van der Waals surface area contributed by atoms with Gasteiger partial charge in [-0.15, -0.1) is 17.0 Å². The van der Waals surface area contributed by atoms with E-state index in [1.54, 1.807) is 24.8 Å². The molecule has 0 spiro atoms. The molecule has 0 radical (unpaired) electrons. The summed E-state index contributed by atoms with van der Waals surface area (Å²) in [7, 11) is -3.12. The molecule has 0 saturated heterocycles. The Bertz CT molecular complexity index is 280. The van der Waals surface area contributed by atoms with Crippen molar-refractivity contribution in [3.8, 4) is 0 Å². The maximum Gasteiger partial charge on any atom is 0.254 e. The van der Waals surface area contributed by atoms with E-state index in [2.05, 4.69) is 20.4 Å². The fourth-order valence-corrected chi connectivity index (χ4v) is 0.430. The van der Waals surface area contributed by atoms with E-state index in [1.165, 1.54) is 0 Å². The first-order valence-corrected chi connectivity index (χ1v) is 4.57. The topological polar surface area (TPSA) is 112 Å². The van der Waals surface area contributed by atoms with Gasteiger partial charge in [-0.2, -0.15) is 10.2 Å². The van der Waals surface area contributed by atoms with Crippen molar-refractivity contribution < 1.29 is 13.0 Å². The van der Waals surface area contributed by atoms with Crippen LogP contribution in [0.1, 0.15) is 0 Å². The highest BCUT2D eigenvalue weighted by Crippen LogP contribution is 1.65. The van der Waals surface area contributed by atoms with E-state index < -0.39 is 11.0 Å². The van der Waals surface area contributed by atoms with Crippen molar-refractivity contribution in [2.24, 2.45) is 0 Å². The van der Waals surface area contributed by atoms with Gasteiger partial charge in [-0.05, 0) is 12.1 Å². The number of aromatic amines is 2. The molecule has 2 aromatic heterocycles. The van der Waals surface area contributed by atoms with Crippen LogP contribution < -0.4 is 0 Å². The highest BCUT2D eigenvalue weighted by atomic mass is 79.9. The van der Waals surface area contributed by atoms with Crippen molar-refractivity contribution >= 4 is 28.0 Å². The molecule has 3 N–H and O–H groups in total. The van der Waals surface area contributed by atoms with Crippen LogP contribution in [-0.2, 0) is 11.0 Å². The summed E-state index contributed by atoms with van der Waals surface area (Å²) in [5.74, 6) is 0. The number of rotatable bonds is 0. The lowest BCUT2D eigenvalue weighted by Gasteiger charge is -1.49. The predicted molar refractivity (Wildman–Crippen MR) is 60.4 cm³/mol. The largest absolute Gasteiger partial charge is 0.288 e. The normalized spacial score (nSPS) is 7.60. The third-order valence-corrected chi connectivity index (χ3v) is 0.812. The van der Waals surface area contributed by atoms with Crippen LogP contribution in [0.15, 0.2) is 36.9 Å². The summed E-state index contributed by atoms with van der Waals surface area (Å²) in [5.41, 5.74) is 0. The molecule has 2 heterocycles. The molecule has 2 rings (SSSR count). The Morgan fingerprint density at radius 1 is 1.00 bits per heavy atom. The van der Waals surface area contributed by atoms with E-state index in [9.17, 15) is 0 Å². The summed E-state index contributed by atoms with van der Waals surface area (Å²) < 4.78 is 24.2. The zero-order chi connectivity index (χ0) is 10.6. The monoisotopic (exact) mass is 298 g/mol. The van der Waals surface area contributed by atoms with Gasteiger partial charge in [-0.3, -0.25) is 14.8 Å². The Morgan fingerprint density at radius 2 is 1.33 bits per heavy atom. The Labute approximate surface area is 98.5 Å². The van der Waals surface area contributed by atoms with Crippen LogP contribution in [0.4, 0.5) is 0 Å². The van der Waals surface area contributed by atoms with Gasteiger partial charge in [-0.1, -0.05) is 0 Å². The standard InChI is InChI=1S/2C3H4N2.BrH.H2O3S/c2*1-2-4-5-3-1;;1-4(2)3/h2*1-3H,(H,4,5);1H;4H,(H,1,2,3). The van der Waals surface area contributed by atoms with Crippen molar-refractivity contribution in [1.29, 1.82) is 0 Å². The average molecular weight is 299 g/mol. The number of nitrogens with zero attached hydrogens (tertiary/aromatic N) is 2. The fourth-order valence-electron chi connectivity index (χ4n) is 0.430. The van der Waals surface area contributed by atoms with Crippen LogP contribution in [0.25, 0.3) is 0 Å². The summed E-state index contributed by atoms with van der Waals surface area (Å²) >= 11 is 0. The van der Waals surface area contributed by atoms with Gasteiger partial charge in [0, 0.05) is 24.8 Å². The van der Waals surface area contributed by atoms with E-state index in [0.29, 0.717) is 0 Å². The Morgan fingerprint density at radius 3 is 1.40 bits per heavy atom. The minimum atomic E-state index is -3.12. The van der Waals surface area contributed by atoms with Gasteiger partial charge in [0.25, 0.3) is 11.0 Å². The zero-order valence-corrected chi connectivity index (χ0v) is 10.1. The average Bonchev–Trinajstić information content (AvgIpc) is 2.83. The van der Waals surface area contributed by atoms with E-state index in [1.807, 2.05) is 12.1 Å². The molecule has 0 aromatic carbocycles. The molecule has 9 heteroatoms. The predicted octanol–water partition coefficient (Wildman–Crippen LogP) is 0.468. The van der Waals surface area contributed by atoms with Gasteiger partial charge in [0.15, 0.2) is 0 Å². The number of nitrogens with one attached hydrogen (secondary N) is 2. The number of H-pyrrole nitrogens is 2. The molecule has 0 aliphatic rings. The Balaban J connectivity index is 0. The smallest absolute Gasteiger partial charge is 0.254 e. The number of halogens is 1. The number of hydrogen-bond donors (Lipinski definition) is 4. The number of thiol groups is 1. The van der Waals surface area contributed by atoms with E-state index >= 15 is 0 Å². The minimum Gasteiger partial charge on any atom is -0.288 e. The molecule has 0 atom stereocenters. The van der Waals surface area contributed by atoms with Gasteiger partial charge in [0.05, 0.1) is 0 Å². The molecule has 0 bridgehead atoms. The quantitative estimate of drug-likeness (QED) is 0.417. The highest BCUT2D eigenvalue weighted by Gasteiger charge is 1.57. The molecule has 2 aromatic rings. The van der Waals surface area contributed by atoms with Crippen molar-refractivity contribution in [2.45, 2.75) is 0 Å². The van der Waals surface area contributed by atoms with E-state index in [0.717, 1.165) is 0 Å². The van der Waals surface area contributed by atoms with Crippen LogP contribution in [0.2, 0.25) is 0 Å². The van der Waals surface area contributed by atoms with E-state index in [4.69, 9.17) is 13.0 Å². The van der Waals surface area contributed by atoms with Crippen molar-refractivity contribution in [3.63, 3.8) is 0 Å². The third kappa shape index (κ3) is 19.3. The summed E-state index contributed by atoms with van der Waals surface area (Å²) in [6, 6.07) is 3.67. The van der Waals surface area contributed by atoms with Crippen molar-refractivity contribution in [2.75, 3.05) is 0 Å². The van der Waals surface area contributed by atoms with Crippen LogP contribution in [0.5, 0.6) is 0 Å². The Hall–Kier alpha value is -1.19. The lowest BCUT2D eigenvalue weighted by atomic mass is 10.8. The molecule has 0 fully saturated rings. The lowest BCUT2D eigenvalue weighted by Crippen LogP contribution is -1.58. The summed E-state index contributed by atoms with van der Waals surface area (Å²) in [6.07, 6.45) is 6.92. The molecule has 7 nitrogen and oxygen atoms in total. The SMILES string of the molecule is Br.O=[SH](=O)O.c1cn[nH]c1.c1cn[nH]c1. The Kier molecular flexibility index (Phi) is 13.9. The molecule has 0 aliphatic heterocycles. The van der Waals surface area contributed by atoms with Gasteiger partial charge in [0.1, 0.15) is 0 Å². The molecule has 0 unspecified atom stereocenters. The van der Waals surface area contributed by atoms with Crippen LogP contribution in [0.3, 0.4) is 0 Å². The first-order chi connectivity index (χ1) is 6.73. The van der Waals surface area contributed by atoms with Gasteiger partial charge in [0.2, 0.25) is 0 Å². The minimum absolute atomic E-state index is 0. The molecule has 0 saturated carbocycles. The summed E-state index contributed by atoms with van der Waals surface area (Å²) in [5, 5.41) is 12.4. The first kappa shape index (κ1) is 16.2. The highest BCUT2D eigenvalue weighted by molar-refractivity contribution is 8.93. The molecule has 15 heavy (non-hydrogen) atoms. The number of aromatic nitrogens is 4. The fraction of sp³-hybridized carbons (Fsp3) is 0. The lowest BCUT2D eigenvalue weighted by molar-refractivity contribution is 0.509. The molecule has 0 aliphatic carbocycles.